The van der Waals surface area contributed by atoms with Crippen molar-refractivity contribution in [3.63, 3.8) is 0 Å². The normalized spacial score (nSPS) is 11.3. The summed E-state index contributed by atoms with van der Waals surface area (Å²) in [6.45, 7) is 0. The molecule has 21 heavy (non-hydrogen) atoms. The van der Waals surface area contributed by atoms with Gasteiger partial charge >= 0.3 is 0 Å². The number of thioether (sulfide) groups is 1. The number of para-hydroxylation sites is 1. The van der Waals surface area contributed by atoms with Gasteiger partial charge in [0.05, 0.1) is 10.2 Å². The molecule has 0 aliphatic rings. The third-order valence-electron chi connectivity index (χ3n) is 2.77. The van der Waals surface area contributed by atoms with Crippen LogP contribution in [-0.4, -0.2) is 17.1 Å². The Kier molecular flexibility index (Phi) is 4.38. The van der Waals surface area contributed by atoms with Crippen molar-refractivity contribution in [1.82, 2.24) is 4.98 Å². The minimum Gasteiger partial charge on any atom is -0.298 e. The van der Waals surface area contributed by atoms with Crippen LogP contribution in [0.3, 0.4) is 0 Å². The Balaban J connectivity index is 1.77. The Hall–Kier alpha value is -1.63. The lowest BCUT2D eigenvalue weighted by atomic mass is 10.3. The van der Waals surface area contributed by atoms with E-state index in [2.05, 4.69) is 10.3 Å². The molecule has 106 valence electrons. The van der Waals surface area contributed by atoms with Gasteiger partial charge in [-0.05, 0) is 35.9 Å². The molecule has 2 heterocycles. The zero-order valence-corrected chi connectivity index (χ0v) is 13.6. The molecule has 1 N–H and O–H groups in total. The van der Waals surface area contributed by atoms with Gasteiger partial charge in [-0.15, -0.1) is 23.1 Å². The summed E-state index contributed by atoms with van der Waals surface area (Å²) in [5.74, 6) is -0.159. The molecule has 0 fully saturated rings. The Morgan fingerprint density at radius 1 is 1.33 bits per heavy atom. The lowest BCUT2D eigenvalue weighted by molar-refractivity contribution is -0.111. The number of benzene rings is 1. The van der Waals surface area contributed by atoms with Crippen LogP contribution in [0.5, 0.6) is 0 Å². The van der Waals surface area contributed by atoms with Crippen LogP contribution < -0.4 is 5.32 Å². The van der Waals surface area contributed by atoms with Gasteiger partial charge in [0, 0.05) is 15.8 Å². The highest BCUT2D eigenvalue weighted by molar-refractivity contribution is 7.98. The van der Waals surface area contributed by atoms with Crippen LogP contribution in [0.4, 0.5) is 5.13 Å². The van der Waals surface area contributed by atoms with Crippen LogP contribution in [-0.2, 0) is 4.79 Å². The summed E-state index contributed by atoms with van der Waals surface area (Å²) in [5.41, 5.74) is 0.951. The maximum absolute atomic E-state index is 11.9. The van der Waals surface area contributed by atoms with E-state index >= 15 is 0 Å². The fourth-order valence-electron chi connectivity index (χ4n) is 1.83. The molecule has 3 aromatic rings. The van der Waals surface area contributed by atoms with E-state index in [1.54, 1.807) is 29.2 Å². The number of carbonyl (C=O) groups excluding carboxylic acids is 1. The number of thiazole rings is 1. The number of amides is 1. The SMILES string of the molecule is CSc1cccc2sc(NC(=O)/C=C/c3cccs3)nc12. The molecule has 6 heteroatoms. The molecular weight excluding hydrogens is 320 g/mol. The summed E-state index contributed by atoms with van der Waals surface area (Å²) >= 11 is 4.75. The fraction of sp³-hybridized carbons (Fsp3) is 0.0667. The number of thiophene rings is 1. The Labute approximate surface area is 134 Å². The molecule has 0 aliphatic heterocycles. The van der Waals surface area contributed by atoms with Crippen LogP contribution in [0.15, 0.2) is 46.7 Å². The van der Waals surface area contributed by atoms with Gasteiger partial charge in [-0.2, -0.15) is 0 Å². The summed E-state index contributed by atoms with van der Waals surface area (Å²) in [5, 5.41) is 5.44. The van der Waals surface area contributed by atoms with Crippen LogP contribution in [0.1, 0.15) is 4.88 Å². The number of nitrogens with one attached hydrogen (secondary N) is 1. The molecule has 3 nitrogen and oxygen atoms in total. The summed E-state index contributed by atoms with van der Waals surface area (Å²) in [7, 11) is 0. The molecule has 0 spiro atoms. The highest BCUT2D eigenvalue weighted by Crippen LogP contribution is 2.32. The van der Waals surface area contributed by atoms with Gasteiger partial charge in [0.2, 0.25) is 5.91 Å². The first kappa shape index (κ1) is 14.3. The zero-order chi connectivity index (χ0) is 14.7. The predicted molar refractivity (Wildman–Crippen MR) is 93.4 cm³/mol. The van der Waals surface area contributed by atoms with Gasteiger partial charge < -0.3 is 0 Å². The smallest absolute Gasteiger partial charge is 0.250 e. The number of aromatic nitrogens is 1. The molecular formula is C15H12N2OS3. The molecule has 0 bridgehead atoms. The summed E-state index contributed by atoms with van der Waals surface area (Å²) in [4.78, 5) is 18.6. The quantitative estimate of drug-likeness (QED) is 0.554. The van der Waals surface area contributed by atoms with E-state index in [1.807, 2.05) is 42.0 Å². The van der Waals surface area contributed by atoms with E-state index in [1.165, 1.54) is 17.4 Å². The second kappa shape index (κ2) is 6.43. The average molecular weight is 332 g/mol. The molecule has 0 radical (unpaired) electrons. The molecule has 3 rings (SSSR count). The maximum atomic E-state index is 11.9. The number of nitrogens with zero attached hydrogens (tertiary/aromatic N) is 1. The van der Waals surface area contributed by atoms with Crippen molar-refractivity contribution in [1.29, 1.82) is 0 Å². The first-order valence-electron chi connectivity index (χ1n) is 6.22. The molecule has 0 saturated carbocycles. The number of hydrogen-bond donors (Lipinski definition) is 1. The summed E-state index contributed by atoms with van der Waals surface area (Å²) < 4.78 is 1.08. The van der Waals surface area contributed by atoms with E-state index in [-0.39, 0.29) is 5.91 Å². The van der Waals surface area contributed by atoms with Gasteiger partial charge in [0.1, 0.15) is 0 Å². The molecule has 2 aromatic heterocycles. The Bertz CT molecular complexity index is 790. The lowest BCUT2D eigenvalue weighted by Gasteiger charge is -1.95. The van der Waals surface area contributed by atoms with Crippen molar-refractivity contribution in [2.45, 2.75) is 4.90 Å². The Morgan fingerprint density at radius 3 is 3.00 bits per heavy atom. The Morgan fingerprint density at radius 2 is 2.24 bits per heavy atom. The first-order valence-corrected chi connectivity index (χ1v) is 9.14. The second-order valence-electron chi connectivity index (χ2n) is 4.16. The standard InChI is InChI=1S/C15H12N2OS3/c1-19-11-5-2-6-12-14(11)17-15(21-12)16-13(18)8-7-10-4-3-9-20-10/h2-9H,1H3,(H,16,17,18)/b8-7+. The largest absolute Gasteiger partial charge is 0.298 e. The van der Waals surface area contributed by atoms with Crippen molar-refractivity contribution in [2.24, 2.45) is 0 Å². The topological polar surface area (TPSA) is 42.0 Å². The minimum absolute atomic E-state index is 0.159. The third-order valence-corrected chi connectivity index (χ3v) is 5.32. The highest BCUT2D eigenvalue weighted by Gasteiger charge is 2.08. The zero-order valence-electron chi connectivity index (χ0n) is 11.2. The molecule has 0 atom stereocenters. The number of hydrogen-bond acceptors (Lipinski definition) is 5. The summed E-state index contributed by atoms with van der Waals surface area (Å²) in [6, 6.07) is 9.99. The van der Waals surface area contributed by atoms with Crippen molar-refractivity contribution < 1.29 is 4.79 Å². The van der Waals surface area contributed by atoms with E-state index in [0.29, 0.717) is 5.13 Å². The minimum atomic E-state index is -0.159. The molecule has 0 unspecified atom stereocenters. The molecule has 1 aromatic carbocycles. The van der Waals surface area contributed by atoms with Crippen molar-refractivity contribution >= 4 is 61.8 Å². The van der Waals surface area contributed by atoms with Crippen LogP contribution >= 0.6 is 34.4 Å². The van der Waals surface area contributed by atoms with Gasteiger partial charge in [0.15, 0.2) is 5.13 Å². The van der Waals surface area contributed by atoms with Crippen molar-refractivity contribution in [2.75, 3.05) is 11.6 Å². The molecule has 0 saturated heterocycles. The van der Waals surface area contributed by atoms with Crippen LogP contribution in [0.2, 0.25) is 0 Å². The van der Waals surface area contributed by atoms with E-state index in [4.69, 9.17) is 0 Å². The first-order chi connectivity index (χ1) is 10.3. The second-order valence-corrected chi connectivity index (χ2v) is 7.02. The van der Waals surface area contributed by atoms with Gasteiger partial charge in [-0.3, -0.25) is 10.1 Å². The van der Waals surface area contributed by atoms with E-state index < -0.39 is 0 Å². The number of fused-ring (bicyclic) bond motifs is 1. The lowest BCUT2D eigenvalue weighted by Crippen LogP contribution is -2.07. The van der Waals surface area contributed by atoms with Gasteiger partial charge in [-0.25, -0.2) is 4.98 Å². The highest BCUT2D eigenvalue weighted by atomic mass is 32.2. The monoisotopic (exact) mass is 332 g/mol. The van der Waals surface area contributed by atoms with Crippen molar-refractivity contribution in [3.05, 3.63) is 46.7 Å². The van der Waals surface area contributed by atoms with E-state index in [9.17, 15) is 4.79 Å². The number of rotatable bonds is 4. The maximum Gasteiger partial charge on any atom is 0.250 e. The third kappa shape index (κ3) is 3.34. The predicted octanol–water partition coefficient (Wildman–Crippen LogP) is 4.73. The summed E-state index contributed by atoms with van der Waals surface area (Å²) in [6.07, 6.45) is 5.37. The van der Waals surface area contributed by atoms with Crippen molar-refractivity contribution in [3.8, 4) is 0 Å². The van der Waals surface area contributed by atoms with Crippen LogP contribution in [0, 0.1) is 0 Å². The van der Waals surface area contributed by atoms with Crippen LogP contribution in [0.25, 0.3) is 16.3 Å². The fourth-order valence-corrected chi connectivity index (χ4v) is 3.97. The molecule has 1 amide bonds. The number of carbonyl (C=O) groups is 1. The average Bonchev–Trinajstić information content (AvgIpc) is 3.13. The van der Waals surface area contributed by atoms with Gasteiger partial charge in [-0.1, -0.05) is 23.5 Å². The van der Waals surface area contributed by atoms with Gasteiger partial charge in [0.25, 0.3) is 0 Å². The number of anilines is 1. The molecule has 0 aliphatic carbocycles. The van der Waals surface area contributed by atoms with E-state index in [0.717, 1.165) is 20.0 Å².